The molecule has 0 heterocycles. The van der Waals surface area contributed by atoms with Crippen LogP contribution in [0.1, 0.15) is 122 Å². The van der Waals surface area contributed by atoms with Gasteiger partial charge in [0.25, 0.3) is 0 Å². The third-order valence-electron chi connectivity index (χ3n) is 6.23. The standard InChI is InChI=1S/C31H58N6O7/c1-26(2,32)14-20(38)33-27(3,4)15-21(39)34-28(5,6)16-22(40)35-29(7,8)17-23(41)36-30(9,10)18-24(42)37-31(11,12)19-25(43)44-13/h14-19,32H2,1-13H3,(H,33,38)(H,34,39)(H,35,40)(H,36,41)(H,37,42). The van der Waals surface area contributed by atoms with Gasteiger partial charge in [-0.15, -0.1) is 0 Å². The van der Waals surface area contributed by atoms with Crippen LogP contribution in [0.15, 0.2) is 0 Å². The Bertz CT molecular complexity index is 1070. The van der Waals surface area contributed by atoms with E-state index in [2.05, 4.69) is 31.3 Å². The van der Waals surface area contributed by atoms with Crippen molar-refractivity contribution in [2.75, 3.05) is 7.11 Å². The molecule has 5 amide bonds. The molecule has 0 unspecified atom stereocenters. The molecule has 0 rings (SSSR count). The maximum atomic E-state index is 12.9. The normalized spacial score (nSPS) is 13.0. The number of nitrogens with one attached hydrogen (secondary N) is 5. The van der Waals surface area contributed by atoms with Gasteiger partial charge in [0.05, 0.1) is 13.5 Å². The van der Waals surface area contributed by atoms with E-state index in [-0.39, 0.29) is 68.1 Å². The summed E-state index contributed by atoms with van der Waals surface area (Å²) >= 11 is 0. The van der Waals surface area contributed by atoms with Crippen LogP contribution in [0.3, 0.4) is 0 Å². The van der Waals surface area contributed by atoms with E-state index in [1.54, 1.807) is 83.1 Å². The van der Waals surface area contributed by atoms with Crippen molar-refractivity contribution in [3.63, 3.8) is 0 Å². The zero-order valence-corrected chi connectivity index (χ0v) is 29.2. The number of esters is 1. The highest BCUT2D eigenvalue weighted by Crippen LogP contribution is 2.18. The fraction of sp³-hybridized carbons (Fsp3) is 0.806. The second-order valence-corrected chi connectivity index (χ2v) is 15.8. The van der Waals surface area contributed by atoms with Gasteiger partial charge in [-0.1, -0.05) is 0 Å². The van der Waals surface area contributed by atoms with Gasteiger partial charge >= 0.3 is 5.97 Å². The van der Waals surface area contributed by atoms with Crippen molar-refractivity contribution >= 4 is 35.5 Å². The predicted molar refractivity (Wildman–Crippen MR) is 169 cm³/mol. The summed E-state index contributed by atoms with van der Waals surface area (Å²) in [6.07, 6.45) is -0.0307. The van der Waals surface area contributed by atoms with Crippen LogP contribution in [0.25, 0.3) is 0 Å². The lowest BCUT2D eigenvalue weighted by molar-refractivity contribution is -0.142. The zero-order valence-electron chi connectivity index (χ0n) is 29.2. The smallest absolute Gasteiger partial charge is 0.307 e. The van der Waals surface area contributed by atoms with Crippen LogP contribution < -0.4 is 32.3 Å². The van der Waals surface area contributed by atoms with Gasteiger partial charge in [-0.2, -0.15) is 0 Å². The van der Waals surface area contributed by atoms with Crippen LogP contribution in [-0.2, 0) is 33.5 Å². The lowest BCUT2D eigenvalue weighted by Gasteiger charge is -2.33. The molecule has 0 radical (unpaired) electrons. The van der Waals surface area contributed by atoms with E-state index >= 15 is 0 Å². The average Bonchev–Trinajstić information content (AvgIpc) is 2.66. The number of hydrogen-bond donors (Lipinski definition) is 6. The summed E-state index contributed by atoms with van der Waals surface area (Å²) in [5, 5.41) is 14.2. The van der Waals surface area contributed by atoms with E-state index in [4.69, 9.17) is 5.73 Å². The van der Waals surface area contributed by atoms with Crippen LogP contribution in [0.2, 0.25) is 0 Å². The molecular formula is C31H58N6O7. The fourth-order valence-electron chi connectivity index (χ4n) is 4.78. The van der Waals surface area contributed by atoms with Crippen LogP contribution in [0.4, 0.5) is 0 Å². The lowest BCUT2D eigenvalue weighted by atomic mass is 9.93. The molecule has 0 aromatic carbocycles. The molecule has 0 aliphatic heterocycles. The molecule has 13 heteroatoms. The summed E-state index contributed by atoms with van der Waals surface area (Å²) in [4.78, 5) is 75.1. The van der Waals surface area contributed by atoms with Crippen molar-refractivity contribution in [2.45, 2.75) is 155 Å². The SMILES string of the molecule is COC(=O)CC(C)(C)NC(=O)CC(C)(C)NC(=O)CC(C)(C)NC(=O)CC(C)(C)NC(=O)CC(C)(C)NC(=O)CC(C)(C)N. The number of ether oxygens (including phenoxy) is 1. The molecule has 0 saturated heterocycles. The number of carbonyl (C=O) groups excluding carboxylic acids is 6. The minimum Gasteiger partial charge on any atom is -0.469 e. The zero-order chi connectivity index (χ0) is 34.9. The first kappa shape index (κ1) is 40.8. The minimum atomic E-state index is -0.925. The maximum Gasteiger partial charge on any atom is 0.307 e. The van der Waals surface area contributed by atoms with Gasteiger partial charge in [0.15, 0.2) is 0 Å². The molecule has 0 spiro atoms. The Morgan fingerprint density at radius 3 is 0.841 bits per heavy atom. The Hall–Kier alpha value is -3.22. The molecule has 0 aliphatic carbocycles. The number of rotatable bonds is 17. The van der Waals surface area contributed by atoms with E-state index in [1.807, 2.05) is 0 Å². The summed E-state index contributed by atoms with van der Waals surface area (Å²) in [6.45, 7) is 20.6. The van der Waals surface area contributed by atoms with Crippen molar-refractivity contribution in [1.82, 2.24) is 26.6 Å². The quantitative estimate of drug-likeness (QED) is 0.131. The Kier molecular flexibility index (Phi) is 14.1. The van der Waals surface area contributed by atoms with Crippen LogP contribution >= 0.6 is 0 Å². The van der Waals surface area contributed by atoms with Crippen molar-refractivity contribution in [3.8, 4) is 0 Å². The van der Waals surface area contributed by atoms with Gasteiger partial charge < -0.3 is 37.1 Å². The molecule has 7 N–H and O–H groups in total. The molecule has 0 atom stereocenters. The van der Waals surface area contributed by atoms with Crippen LogP contribution in [0.5, 0.6) is 0 Å². The maximum absolute atomic E-state index is 12.9. The van der Waals surface area contributed by atoms with Gasteiger partial charge in [0.1, 0.15) is 0 Å². The molecule has 0 fully saturated rings. The summed E-state index contributed by atoms with van der Waals surface area (Å²) in [5.74, 6) is -2.11. The summed E-state index contributed by atoms with van der Waals surface area (Å²) in [6, 6.07) is 0. The van der Waals surface area contributed by atoms with Crippen molar-refractivity contribution < 1.29 is 33.5 Å². The van der Waals surface area contributed by atoms with Crippen molar-refractivity contribution in [2.24, 2.45) is 5.73 Å². The van der Waals surface area contributed by atoms with Crippen LogP contribution in [-0.4, -0.2) is 75.8 Å². The fourth-order valence-corrected chi connectivity index (χ4v) is 4.78. The van der Waals surface area contributed by atoms with Crippen LogP contribution in [0, 0.1) is 0 Å². The average molecular weight is 627 g/mol. The molecule has 0 bridgehead atoms. The first-order valence-corrected chi connectivity index (χ1v) is 14.9. The molecule has 0 aromatic heterocycles. The minimum absolute atomic E-state index is 0.000451. The molecule has 0 aliphatic rings. The van der Waals surface area contributed by atoms with Gasteiger partial charge in [0, 0.05) is 65.3 Å². The highest BCUT2D eigenvalue weighted by atomic mass is 16.5. The molecular weight excluding hydrogens is 568 g/mol. The third-order valence-corrected chi connectivity index (χ3v) is 6.23. The number of methoxy groups -OCH3 is 1. The predicted octanol–water partition coefficient (Wildman–Crippen LogP) is 1.71. The van der Waals surface area contributed by atoms with Gasteiger partial charge in [-0.3, -0.25) is 28.8 Å². The Morgan fingerprint density at radius 2 is 0.636 bits per heavy atom. The number of hydrogen-bond acceptors (Lipinski definition) is 8. The van der Waals surface area contributed by atoms with E-state index in [0.717, 1.165) is 0 Å². The topological polar surface area (TPSA) is 198 Å². The molecule has 13 nitrogen and oxygen atoms in total. The van der Waals surface area contributed by atoms with E-state index < -0.39 is 39.2 Å². The van der Waals surface area contributed by atoms with Gasteiger partial charge in [0.2, 0.25) is 29.5 Å². The largest absolute Gasteiger partial charge is 0.469 e. The lowest BCUT2D eigenvalue weighted by Crippen LogP contribution is -2.55. The van der Waals surface area contributed by atoms with Crippen molar-refractivity contribution in [3.05, 3.63) is 0 Å². The van der Waals surface area contributed by atoms with E-state index in [1.165, 1.54) is 7.11 Å². The van der Waals surface area contributed by atoms with E-state index in [0.29, 0.717) is 0 Å². The number of nitrogens with two attached hydrogens (primary N) is 1. The summed E-state index contributed by atoms with van der Waals surface area (Å²) in [5.41, 5.74) is 0.852. The van der Waals surface area contributed by atoms with Gasteiger partial charge in [-0.25, -0.2) is 0 Å². The highest BCUT2D eigenvalue weighted by Gasteiger charge is 2.34. The van der Waals surface area contributed by atoms with Crippen molar-refractivity contribution in [1.29, 1.82) is 0 Å². The first-order valence-electron chi connectivity index (χ1n) is 14.9. The Morgan fingerprint density at radius 1 is 0.432 bits per heavy atom. The third kappa shape index (κ3) is 19.1. The first-order chi connectivity index (χ1) is 19.5. The van der Waals surface area contributed by atoms with Gasteiger partial charge in [-0.05, 0) is 83.1 Å². The number of amides is 5. The second kappa shape index (κ2) is 15.2. The summed E-state index contributed by atoms with van der Waals surface area (Å²) < 4.78 is 4.67. The molecule has 0 aromatic rings. The Labute approximate surface area is 263 Å². The number of carbonyl (C=O) groups is 6. The highest BCUT2D eigenvalue weighted by molar-refractivity contribution is 5.85. The monoisotopic (exact) mass is 626 g/mol. The second-order valence-electron chi connectivity index (χ2n) is 15.8. The molecule has 254 valence electrons. The Balaban J connectivity index is 4.97. The summed E-state index contributed by atoms with van der Waals surface area (Å²) in [7, 11) is 1.28. The molecule has 44 heavy (non-hydrogen) atoms. The van der Waals surface area contributed by atoms with E-state index in [9.17, 15) is 28.8 Å². The molecule has 0 saturated carbocycles.